The minimum Gasteiger partial charge on any atom is -0.356 e. The van der Waals surface area contributed by atoms with Crippen LogP contribution in [0.15, 0.2) is 57.6 Å². The average molecular weight is 441 g/mol. The fourth-order valence-corrected chi connectivity index (χ4v) is 3.26. The Labute approximate surface area is 173 Å². The van der Waals surface area contributed by atoms with Crippen LogP contribution in [0.1, 0.15) is 10.7 Å². The maximum Gasteiger partial charge on any atom is 0.260 e. The highest BCUT2D eigenvalue weighted by atomic mass is 35.5. The summed E-state index contributed by atoms with van der Waals surface area (Å²) in [6.45, 7) is 0. The van der Waals surface area contributed by atoms with Gasteiger partial charge in [-0.15, -0.1) is 0 Å². The lowest BCUT2D eigenvalue weighted by Gasteiger charge is -2.01. The molecule has 9 heteroatoms. The quantitative estimate of drug-likeness (QED) is 0.325. The number of halogens is 4. The summed E-state index contributed by atoms with van der Waals surface area (Å²) < 4.78 is 10.4. The molecule has 0 bridgehead atoms. The molecule has 0 fully saturated rings. The van der Waals surface area contributed by atoms with E-state index in [1.54, 1.807) is 24.3 Å². The van der Waals surface area contributed by atoms with Crippen molar-refractivity contribution in [2.75, 3.05) is 0 Å². The first-order valence-electron chi connectivity index (χ1n) is 7.66. The molecule has 136 valence electrons. The van der Waals surface area contributed by atoms with Crippen LogP contribution in [-0.4, -0.2) is 15.3 Å². The van der Waals surface area contributed by atoms with Crippen molar-refractivity contribution >= 4 is 46.4 Å². The van der Waals surface area contributed by atoms with E-state index in [0.29, 0.717) is 32.9 Å². The van der Waals surface area contributed by atoms with Gasteiger partial charge in [-0.05, 0) is 12.1 Å². The molecule has 0 saturated carbocycles. The first-order chi connectivity index (χ1) is 13.0. The van der Waals surface area contributed by atoms with E-state index in [4.69, 9.17) is 55.4 Å². The molecule has 0 aliphatic carbocycles. The Kier molecular flexibility index (Phi) is 5.10. The Balaban J connectivity index is 1.62. The average Bonchev–Trinajstić information content (AvgIpc) is 3.32. The molecule has 0 atom stereocenters. The molecule has 0 saturated heterocycles. The minimum atomic E-state index is -0.866. The lowest BCUT2D eigenvalue weighted by atomic mass is 10.1. The summed E-state index contributed by atoms with van der Waals surface area (Å²) in [5.41, 5.74) is 2.75. The van der Waals surface area contributed by atoms with Gasteiger partial charge < -0.3 is 9.05 Å². The van der Waals surface area contributed by atoms with Gasteiger partial charge in [0.1, 0.15) is 5.69 Å². The van der Waals surface area contributed by atoms with Gasteiger partial charge >= 0.3 is 0 Å². The van der Waals surface area contributed by atoms with Crippen LogP contribution in [0.5, 0.6) is 0 Å². The second-order valence-corrected chi connectivity index (χ2v) is 7.42. The zero-order valence-corrected chi connectivity index (χ0v) is 16.4. The van der Waals surface area contributed by atoms with Gasteiger partial charge in [0.2, 0.25) is 5.82 Å². The van der Waals surface area contributed by atoms with Crippen LogP contribution in [0.3, 0.4) is 0 Å². The normalized spacial score (nSPS) is 11.3. The molecule has 0 N–H and O–H groups in total. The third-order valence-electron chi connectivity index (χ3n) is 3.79. The van der Waals surface area contributed by atoms with Gasteiger partial charge in [-0.1, -0.05) is 87.0 Å². The van der Waals surface area contributed by atoms with E-state index < -0.39 is 4.84 Å². The SMILES string of the molecule is Clc1cccc(Cl)c1-c1cc(-c2ccc(-c3noc(C(Cl)Cl)n3)cc2)on1. The van der Waals surface area contributed by atoms with Gasteiger partial charge in [0.25, 0.3) is 5.89 Å². The first-order valence-corrected chi connectivity index (χ1v) is 9.29. The maximum atomic E-state index is 6.22. The first kappa shape index (κ1) is 18.3. The van der Waals surface area contributed by atoms with Gasteiger partial charge in [-0.3, -0.25) is 0 Å². The molecule has 2 aromatic carbocycles. The maximum absolute atomic E-state index is 6.22. The third kappa shape index (κ3) is 3.69. The lowest BCUT2D eigenvalue weighted by Crippen LogP contribution is -1.83. The van der Waals surface area contributed by atoms with Crippen molar-refractivity contribution in [1.29, 1.82) is 0 Å². The molecule has 4 rings (SSSR count). The van der Waals surface area contributed by atoms with E-state index in [-0.39, 0.29) is 5.89 Å². The molecule has 0 aliphatic rings. The highest BCUT2D eigenvalue weighted by Gasteiger charge is 2.16. The number of nitrogens with zero attached hydrogens (tertiary/aromatic N) is 3. The Morgan fingerprint density at radius 1 is 0.815 bits per heavy atom. The van der Waals surface area contributed by atoms with Crippen LogP contribution < -0.4 is 0 Å². The zero-order valence-electron chi connectivity index (χ0n) is 13.4. The van der Waals surface area contributed by atoms with Crippen molar-refractivity contribution < 1.29 is 9.05 Å². The molecule has 2 heterocycles. The standard InChI is InChI=1S/C18H9Cl4N3O2/c19-11-2-1-3-12(20)15(11)13-8-14(26-24-13)9-4-6-10(7-5-9)17-23-18(16(21)22)27-25-17/h1-8,16H. The lowest BCUT2D eigenvalue weighted by molar-refractivity contribution is 0.388. The van der Waals surface area contributed by atoms with Gasteiger partial charge in [0.15, 0.2) is 10.6 Å². The van der Waals surface area contributed by atoms with Crippen LogP contribution in [0.2, 0.25) is 10.0 Å². The van der Waals surface area contributed by atoms with Crippen LogP contribution in [-0.2, 0) is 0 Å². The third-order valence-corrected chi connectivity index (χ3v) is 4.79. The highest BCUT2D eigenvalue weighted by Crippen LogP contribution is 2.36. The largest absolute Gasteiger partial charge is 0.356 e. The smallest absolute Gasteiger partial charge is 0.260 e. The highest BCUT2D eigenvalue weighted by molar-refractivity contribution is 6.43. The van der Waals surface area contributed by atoms with Crippen molar-refractivity contribution in [3.8, 4) is 34.0 Å². The van der Waals surface area contributed by atoms with Crippen LogP contribution in [0.25, 0.3) is 34.0 Å². The number of aromatic nitrogens is 3. The Hall–Kier alpha value is -2.05. The molecule has 0 spiro atoms. The van der Waals surface area contributed by atoms with E-state index in [0.717, 1.165) is 11.1 Å². The summed E-state index contributed by atoms with van der Waals surface area (Å²) in [7, 11) is 0. The number of benzene rings is 2. The number of alkyl halides is 2. The molecule has 5 nitrogen and oxygen atoms in total. The fourth-order valence-electron chi connectivity index (χ4n) is 2.50. The Morgan fingerprint density at radius 2 is 1.48 bits per heavy atom. The monoisotopic (exact) mass is 439 g/mol. The van der Waals surface area contributed by atoms with Gasteiger partial charge in [0, 0.05) is 22.8 Å². The summed E-state index contributed by atoms with van der Waals surface area (Å²) in [6.07, 6.45) is 0. The predicted molar refractivity (Wildman–Crippen MR) is 105 cm³/mol. The molecule has 27 heavy (non-hydrogen) atoms. The summed E-state index contributed by atoms with van der Waals surface area (Å²) >= 11 is 23.9. The van der Waals surface area contributed by atoms with E-state index >= 15 is 0 Å². The molecular weight excluding hydrogens is 432 g/mol. The molecule has 4 aromatic rings. The van der Waals surface area contributed by atoms with Gasteiger partial charge in [-0.2, -0.15) is 4.98 Å². The predicted octanol–water partition coefficient (Wildman–Crippen LogP) is 6.84. The second-order valence-electron chi connectivity index (χ2n) is 5.51. The Morgan fingerprint density at radius 3 is 2.11 bits per heavy atom. The van der Waals surface area contributed by atoms with Crippen LogP contribution in [0.4, 0.5) is 0 Å². The molecule has 0 unspecified atom stereocenters. The van der Waals surface area contributed by atoms with Crippen LogP contribution in [0, 0.1) is 0 Å². The number of hydrogen-bond donors (Lipinski definition) is 0. The summed E-state index contributed by atoms with van der Waals surface area (Å²) in [4.78, 5) is 3.27. The van der Waals surface area contributed by atoms with E-state index in [2.05, 4.69) is 15.3 Å². The minimum absolute atomic E-state index is 0.147. The van der Waals surface area contributed by atoms with Crippen molar-refractivity contribution in [3.63, 3.8) is 0 Å². The molecule has 0 aliphatic heterocycles. The van der Waals surface area contributed by atoms with E-state index in [9.17, 15) is 0 Å². The molecule has 0 radical (unpaired) electrons. The summed E-state index contributed by atoms with van der Waals surface area (Å²) in [6, 6.07) is 14.4. The Bertz CT molecular complexity index is 1070. The van der Waals surface area contributed by atoms with E-state index in [1.807, 2.05) is 24.3 Å². The van der Waals surface area contributed by atoms with Crippen molar-refractivity contribution in [2.24, 2.45) is 0 Å². The summed E-state index contributed by atoms with van der Waals surface area (Å²) in [5, 5.41) is 8.93. The summed E-state index contributed by atoms with van der Waals surface area (Å²) in [5.74, 6) is 1.11. The van der Waals surface area contributed by atoms with Gasteiger partial charge in [-0.25, -0.2) is 0 Å². The topological polar surface area (TPSA) is 65.0 Å². The number of hydrogen-bond acceptors (Lipinski definition) is 5. The fraction of sp³-hybridized carbons (Fsp3) is 0.0556. The second kappa shape index (κ2) is 7.52. The van der Waals surface area contributed by atoms with Crippen molar-refractivity contribution in [2.45, 2.75) is 4.84 Å². The number of rotatable bonds is 4. The molecular formula is C18H9Cl4N3O2. The van der Waals surface area contributed by atoms with E-state index in [1.165, 1.54) is 0 Å². The zero-order chi connectivity index (χ0) is 19.0. The molecule has 0 amide bonds. The van der Waals surface area contributed by atoms with Crippen molar-refractivity contribution in [3.05, 3.63) is 64.5 Å². The van der Waals surface area contributed by atoms with Crippen LogP contribution >= 0.6 is 46.4 Å². The van der Waals surface area contributed by atoms with Crippen molar-refractivity contribution in [1.82, 2.24) is 15.3 Å². The van der Waals surface area contributed by atoms with Gasteiger partial charge in [0.05, 0.1) is 10.0 Å². The molecule has 2 aromatic heterocycles.